The largest absolute Gasteiger partial charge is 0.341 e. The van der Waals surface area contributed by atoms with Crippen LogP contribution in [-0.4, -0.2) is 16.8 Å². The van der Waals surface area contributed by atoms with Crippen LogP contribution in [0.3, 0.4) is 0 Å². The van der Waals surface area contributed by atoms with E-state index in [0.29, 0.717) is 11.1 Å². The van der Waals surface area contributed by atoms with E-state index >= 15 is 0 Å². The lowest BCUT2D eigenvalue weighted by Crippen LogP contribution is -2.20. The Hall–Kier alpha value is -1.70. The van der Waals surface area contributed by atoms with Crippen molar-refractivity contribution in [1.82, 2.24) is 0 Å². The molecule has 0 saturated heterocycles. The lowest BCUT2D eigenvalue weighted by atomic mass is 9.89. The Morgan fingerprint density at radius 1 is 0.960 bits per heavy atom. The second-order valence-corrected chi connectivity index (χ2v) is 8.73. The molecule has 0 radical (unpaired) electrons. The molecule has 3 nitrogen and oxygen atoms in total. The maximum absolute atomic E-state index is 13.4. The normalized spacial score (nSPS) is 13.5. The molecule has 0 aliphatic heterocycles. The van der Waals surface area contributed by atoms with E-state index in [9.17, 15) is 14.3 Å². The molecule has 0 fully saturated rings. The minimum Gasteiger partial charge on any atom is -0.341 e. The minimum atomic E-state index is -3.52. The molecule has 0 amide bonds. The van der Waals surface area contributed by atoms with Crippen molar-refractivity contribution in [3.8, 4) is 0 Å². The predicted octanol–water partition coefficient (Wildman–Crippen LogP) is 4.52. The Labute approximate surface area is 150 Å². The first-order valence-electron chi connectivity index (χ1n) is 9.00. The first-order valence-corrected chi connectivity index (χ1v) is 10.8. The molecular weight excluding hydrogens is 331 g/mol. The lowest BCUT2D eigenvalue weighted by molar-refractivity contribution is 0.103. The highest BCUT2D eigenvalue weighted by atomic mass is 31.2. The van der Waals surface area contributed by atoms with E-state index < -0.39 is 7.37 Å². The van der Waals surface area contributed by atoms with E-state index in [1.807, 2.05) is 13.8 Å². The van der Waals surface area contributed by atoms with Crippen molar-refractivity contribution < 1.29 is 14.3 Å². The van der Waals surface area contributed by atoms with E-state index in [4.69, 9.17) is 0 Å². The van der Waals surface area contributed by atoms with Gasteiger partial charge in [0.1, 0.15) is 0 Å². The molecule has 134 valence electrons. The van der Waals surface area contributed by atoms with Crippen molar-refractivity contribution >= 4 is 18.5 Å². The van der Waals surface area contributed by atoms with Gasteiger partial charge in [-0.15, -0.1) is 0 Å². The smallest absolute Gasteiger partial charge is 0.230 e. The van der Waals surface area contributed by atoms with Crippen molar-refractivity contribution in [3.05, 3.63) is 64.2 Å². The van der Waals surface area contributed by atoms with Crippen LogP contribution in [0, 0.1) is 0 Å². The van der Waals surface area contributed by atoms with Gasteiger partial charge < -0.3 is 4.89 Å². The molecule has 2 rings (SSSR count). The molecule has 0 bridgehead atoms. The van der Waals surface area contributed by atoms with Crippen molar-refractivity contribution in [3.63, 3.8) is 0 Å². The zero-order valence-corrected chi connectivity index (χ0v) is 16.4. The number of rotatable bonds is 7. The fraction of sp³-hybridized carbons (Fsp3) is 0.381. The first kappa shape index (κ1) is 19.6. The Bertz CT molecular complexity index is 799. The SMILES string of the molecule is CCc1cc(CC)c(C(=O)c2ccccc2P(=O)(O)CC)c(CC)c1. The monoisotopic (exact) mass is 358 g/mol. The quantitative estimate of drug-likeness (QED) is 0.585. The zero-order valence-electron chi connectivity index (χ0n) is 15.5. The van der Waals surface area contributed by atoms with Crippen LogP contribution in [0.1, 0.15) is 60.3 Å². The van der Waals surface area contributed by atoms with Crippen LogP contribution in [0.5, 0.6) is 0 Å². The Morgan fingerprint density at radius 2 is 1.52 bits per heavy atom. The summed E-state index contributed by atoms with van der Waals surface area (Å²) in [5.41, 5.74) is 4.30. The highest BCUT2D eigenvalue weighted by molar-refractivity contribution is 7.66. The van der Waals surface area contributed by atoms with Crippen LogP contribution in [0.25, 0.3) is 0 Å². The fourth-order valence-corrected chi connectivity index (χ4v) is 4.38. The Balaban J connectivity index is 2.69. The van der Waals surface area contributed by atoms with Gasteiger partial charge in [-0.25, -0.2) is 0 Å². The fourth-order valence-electron chi connectivity index (χ4n) is 3.17. The van der Waals surface area contributed by atoms with Crippen LogP contribution in [0.15, 0.2) is 36.4 Å². The summed E-state index contributed by atoms with van der Waals surface area (Å²) in [7, 11) is -3.52. The molecule has 1 N–H and O–H groups in total. The second kappa shape index (κ2) is 8.12. The molecule has 0 heterocycles. The Kier molecular flexibility index (Phi) is 6.37. The summed E-state index contributed by atoms with van der Waals surface area (Å²) in [6, 6.07) is 10.9. The number of carbonyl (C=O) groups excluding carboxylic acids is 1. The second-order valence-electron chi connectivity index (χ2n) is 6.21. The summed E-state index contributed by atoms with van der Waals surface area (Å²) in [4.78, 5) is 23.7. The standard InChI is InChI=1S/C21H27O3P/c1-5-15-13-16(6-2)20(17(7-3)14-15)21(22)18-11-9-10-12-19(18)25(23,24)8-4/h9-14H,5-8H2,1-4H3,(H,23,24). The van der Waals surface area contributed by atoms with Gasteiger partial charge in [-0.2, -0.15) is 0 Å². The maximum atomic E-state index is 13.4. The highest BCUT2D eigenvalue weighted by Crippen LogP contribution is 2.40. The number of ketones is 1. The number of aryl methyl sites for hydroxylation is 3. The summed E-state index contributed by atoms with van der Waals surface area (Å²) in [6.45, 7) is 7.86. The molecule has 0 spiro atoms. The topological polar surface area (TPSA) is 54.4 Å². The van der Waals surface area contributed by atoms with E-state index in [1.54, 1.807) is 31.2 Å². The van der Waals surface area contributed by atoms with E-state index in [2.05, 4.69) is 19.1 Å². The van der Waals surface area contributed by atoms with Crippen LogP contribution in [0.2, 0.25) is 0 Å². The summed E-state index contributed by atoms with van der Waals surface area (Å²) in [5, 5.41) is 0.270. The molecule has 0 aliphatic rings. The summed E-state index contributed by atoms with van der Waals surface area (Å²) in [6.07, 6.45) is 2.56. The third kappa shape index (κ3) is 3.94. The molecule has 4 heteroatoms. The molecule has 1 atom stereocenters. The highest BCUT2D eigenvalue weighted by Gasteiger charge is 2.27. The number of hydrogen-bond acceptors (Lipinski definition) is 2. The molecule has 2 aromatic rings. The van der Waals surface area contributed by atoms with Gasteiger partial charge in [-0.05, 0) is 42.0 Å². The summed E-state index contributed by atoms with van der Waals surface area (Å²) >= 11 is 0. The van der Waals surface area contributed by atoms with Crippen LogP contribution < -0.4 is 5.30 Å². The average Bonchev–Trinajstić information content (AvgIpc) is 2.66. The third-order valence-electron chi connectivity index (χ3n) is 4.71. The van der Waals surface area contributed by atoms with Gasteiger partial charge in [0.2, 0.25) is 7.37 Å². The molecule has 2 aromatic carbocycles. The molecule has 1 unspecified atom stereocenters. The van der Waals surface area contributed by atoms with Gasteiger partial charge in [0, 0.05) is 22.6 Å². The van der Waals surface area contributed by atoms with Gasteiger partial charge in [-0.1, -0.05) is 58.0 Å². The van der Waals surface area contributed by atoms with E-state index in [0.717, 1.165) is 30.4 Å². The molecule has 0 aliphatic carbocycles. The third-order valence-corrected chi connectivity index (χ3v) is 6.71. The number of carbonyl (C=O) groups is 1. The van der Waals surface area contributed by atoms with Crippen molar-refractivity contribution in [2.24, 2.45) is 0 Å². The predicted molar refractivity (Wildman–Crippen MR) is 104 cm³/mol. The first-order chi connectivity index (χ1) is 11.9. The average molecular weight is 358 g/mol. The van der Waals surface area contributed by atoms with Gasteiger partial charge >= 0.3 is 0 Å². The molecule has 0 saturated carbocycles. The number of hydrogen-bond donors (Lipinski definition) is 1. The summed E-state index contributed by atoms with van der Waals surface area (Å²) in [5.74, 6) is -0.144. The van der Waals surface area contributed by atoms with Crippen molar-refractivity contribution in [2.45, 2.75) is 47.0 Å². The zero-order chi connectivity index (χ0) is 18.6. The molecule has 25 heavy (non-hydrogen) atoms. The Morgan fingerprint density at radius 3 is 2.00 bits per heavy atom. The molecular formula is C21H27O3P. The van der Waals surface area contributed by atoms with Gasteiger partial charge in [0.15, 0.2) is 5.78 Å². The summed E-state index contributed by atoms with van der Waals surface area (Å²) < 4.78 is 12.6. The number of benzene rings is 2. The lowest BCUT2D eigenvalue weighted by Gasteiger charge is -2.18. The van der Waals surface area contributed by atoms with Crippen LogP contribution in [-0.2, 0) is 23.8 Å². The van der Waals surface area contributed by atoms with Crippen LogP contribution in [0.4, 0.5) is 0 Å². The van der Waals surface area contributed by atoms with Gasteiger partial charge in [0.05, 0.1) is 0 Å². The van der Waals surface area contributed by atoms with E-state index in [1.165, 1.54) is 5.56 Å². The van der Waals surface area contributed by atoms with Crippen LogP contribution >= 0.6 is 7.37 Å². The maximum Gasteiger partial charge on any atom is 0.230 e. The van der Waals surface area contributed by atoms with E-state index in [-0.39, 0.29) is 17.2 Å². The van der Waals surface area contributed by atoms with Gasteiger partial charge in [-0.3, -0.25) is 9.36 Å². The van der Waals surface area contributed by atoms with Crippen molar-refractivity contribution in [2.75, 3.05) is 6.16 Å². The minimum absolute atomic E-state index is 0.118. The van der Waals surface area contributed by atoms with Gasteiger partial charge in [0.25, 0.3) is 0 Å². The van der Waals surface area contributed by atoms with Crippen molar-refractivity contribution in [1.29, 1.82) is 0 Å². The molecule has 0 aromatic heterocycles.